The number of hydrogen-bond donors (Lipinski definition) is 2. The van der Waals surface area contributed by atoms with Gasteiger partial charge in [0.1, 0.15) is 17.2 Å². The monoisotopic (exact) mass is 313 g/mol. The Morgan fingerprint density at radius 2 is 1.73 bits per heavy atom. The average Bonchev–Trinajstić information content (AvgIpc) is 2.45. The fraction of sp³-hybridized carbons (Fsp3) is 0.200. The third-order valence-electron chi connectivity index (χ3n) is 3.02. The van der Waals surface area contributed by atoms with Crippen molar-refractivity contribution in [3.8, 4) is 17.2 Å². The van der Waals surface area contributed by atoms with Gasteiger partial charge >= 0.3 is 6.36 Å². The van der Waals surface area contributed by atoms with Crippen molar-refractivity contribution in [3.63, 3.8) is 0 Å². The number of phenolic OH excluding ortho intramolecular Hbond substituents is 1. The van der Waals surface area contributed by atoms with Gasteiger partial charge in [0.05, 0.1) is 13.2 Å². The van der Waals surface area contributed by atoms with Crippen LogP contribution in [-0.4, -0.2) is 18.6 Å². The molecule has 3 N–H and O–H groups in total. The van der Waals surface area contributed by atoms with E-state index in [-0.39, 0.29) is 11.5 Å². The molecular weight excluding hydrogens is 299 g/mol. The van der Waals surface area contributed by atoms with Gasteiger partial charge < -0.3 is 20.3 Å². The van der Waals surface area contributed by atoms with E-state index in [1.54, 1.807) is 6.07 Å². The number of nitrogens with two attached hydrogens (primary N) is 1. The highest BCUT2D eigenvalue weighted by atomic mass is 19.4. The molecule has 0 aliphatic heterocycles. The first-order valence-electron chi connectivity index (χ1n) is 6.28. The number of hydrogen-bond acceptors (Lipinski definition) is 4. The van der Waals surface area contributed by atoms with E-state index in [1.165, 1.54) is 43.5 Å². The van der Waals surface area contributed by atoms with Crippen molar-refractivity contribution in [3.05, 3.63) is 53.6 Å². The standard InChI is InChI=1S/C15H14F3NO3/c1-21-13-8-10(20)4-7-12(13)14(19)9-2-5-11(6-3-9)22-15(16,17)18/h2-8,14,20H,19H2,1H3/t14-/m1/s1. The second-order valence-corrected chi connectivity index (χ2v) is 4.52. The van der Waals surface area contributed by atoms with E-state index in [0.717, 1.165) is 0 Å². The van der Waals surface area contributed by atoms with Crippen molar-refractivity contribution in [2.75, 3.05) is 7.11 Å². The van der Waals surface area contributed by atoms with Gasteiger partial charge in [-0.25, -0.2) is 0 Å². The lowest BCUT2D eigenvalue weighted by Gasteiger charge is -2.17. The maximum atomic E-state index is 12.1. The lowest BCUT2D eigenvalue weighted by atomic mass is 9.98. The van der Waals surface area contributed by atoms with Crippen LogP contribution in [0.25, 0.3) is 0 Å². The quantitative estimate of drug-likeness (QED) is 0.908. The molecule has 0 spiro atoms. The minimum atomic E-state index is -4.73. The van der Waals surface area contributed by atoms with Crippen LogP contribution in [0.4, 0.5) is 13.2 Å². The van der Waals surface area contributed by atoms with Crippen LogP contribution < -0.4 is 15.2 Å². The maximum Gasteiger partial charge on any atom is 0.573 e. The largest absolute Gasteiger partial charge is 0.573 e. The lowest BCUT2D eigenvalue weighted by Crippen LogP contribution is -2.17. The van der Waals surface area contributed by atoms with E-state index >= 15 is 0 Å². The summed E-state index contributed by atoms with van der Waals surface area (Å²) < 4.78 is 45.3. The molecule has 0 fully saturated rings. The summed E-state index contributed by atoms with van der Waals surface area (Å²) in [7, 11) is 1.44. The first kappa shape index (κ1) is 16.0. The van der Waals surface area contributed by atoms with Crippen LogP contribution >= 0.6 is 0 Å². The Morgan fingerprint density at radius 1 is 1.09 bits per heavy atom. The Bertz CT molecular complexity index is 641. The molecule has 0 aliphatic rings. The Morgan fingerprint density at radius 3 is 2.27 bits per heavy atom. The van der Waals surface area contributed by atoms with Crippen LogP contribution in [0.2, 0.25) is 0 Å². The molecule has 4 nitrogen and oxygen atoms in total. The molecular formula is C15H14F3NO3. The summed E-state index contributed by atoms with van der Waals surface area (Å²) in [6.45, 7) is 0. The summed E-state index contributed by atoms with van der Waals surface area (Å²) in [5.41, 5.74) is 7.28. The zero-order valence-electron chi connectivity index (χ0n) is 11.6. The highest BCUT2D eigenvalue weighted by Crippen LogP contribution is 2.32. The van der Waals surface area contributed by atoms with Crippen molar-refractivity contribution < 1.29 is 27.8 Å². The molecule has 0 unspecified atom stereocenters. The van der Waals surface area contributed by atoms with Crippen LogP contribution in [0.3, 0.4) is 0 Å². The molecule has 1 atom stereocenters. The molecule has 0 bridgehead atoms. The third kappa shape index (κ3) is 3.82. The lowest BCUT2D eigenvalue weighted by molar-refractivity contribution is -0.274. The highest BCUT2D eigenvalue weighted by molar-refractivity contribution is 5.46. The van der Waals surface area contributed by atoms with Crippen molar-refractivity contribution in [1.29, 1.82) is 0 Å². The van der Waals surface area contributed by atoms with Gasteiger partial charge in [-0.3, -0.25) is 0 Å². The Balaban J connectivity index is 2.25. The first-order valence-corrected chi connectivity index (χ1v) is 6.28. The number of alkyl halides is 3. The number of ether oxygens (including phenoxy) is 2. The van der Waals surface area contributed by atoms with E-state index in [2.05, 4.69) is 4.74 Å². The molecule has 0 amide bonds. The summed E-state index contributed by atoms with van der Waals surface area (Å²) in [6.07, 6.45) is -4.73. The van der Waals surface area contributed by atoms with Gasteiger partial charge in [0.15, 0.2) is 0 Å². The van der Waals surface area contributed by atoms with Crippen LogP contribution in [0.1, 0.15) is 17.2 Å². The van der Waals surface area contributed by atoms with Crippen molar-refractivity contribution in [2.45, 2.75) is 12.4 Å². The summed E-state index contributed by atoms with van der Waals surface area (Å²) in [4.78, 5) is 0. The molecule has 2 rings (SSSR count). The van der Waals surface area contributed by atoms with Gasteiger partial charge in [0.25, 0.3) is 0 Å². The first-order chi connectivity index (χ1) is 10.3. The van der Waals surface area contributed by atoms with E-state index in [9.17, 15) is 18.3 Å². The number of rotatable bonds is 4. The summed E-state index contributed by atoms with van der Waals surface area (Å²) in [5.74, 6) is 0.103. The van der Waals surface area contributed by atoms with E-state index in [4.69, 9.17) is 10.5 Å². The summed E-state index contributed by atoms with van der Waals surface area (Å²) >= 11 is 0. The Kier molecular flexibility index (Phi) is 4.46. The molecule has 2 aromatic rings. The molecule has 22 heavy (non-hydrogen) atoms. The average molecular weight is 313 g/mol. The topological polar surface area (TPSA) is 64.7 Å². The number of halogens is 3. The van der Waals surface area contributed by atoms with Gasteiger partial charge in [-0.2, -0.15) is 0 Å². The number of methoxy groups -OCH3 is 1. The SMILES string of the molecule is COc1cc(O)ccc1[C@H](N)c1ccc(OC(F)(F)F)cc1. The van der Waals surface area contributed by atoms with E-state index in [0.29, 0.717) is 16.9 Å². The third-order valence-corrected chi connectivity index (χ3v) is 3.02. The van der Waals surface area contributed by atoms with E-state index < -0.39 is 12.4 Å². The predicted molar refractivity (Wildman–Crippen MR) is 73.8 cm³/mol. The molecule has 0 saturated carbocycles. The normalized spacial score (nSPS) is 12.8. The summed E-state index contributed by atoms with van der Waals surface area (Å²) in [5, 5.41) is 9.42. The van der Waals surface area contributed by atoms with Gasteiger partial charge in [0, 0.05) is 11.6 Å². The summed E-state index contributed by atoms with van der Waals surface area (Å²) in [6, 6.07) is 9.12. The Labute approximate surface area is 124 Å². The minimum Gasteiger partial charge on any atom is -0.508 e. The van der Waals surface area contributed by atoms with Crippen LogP contribution in [0, 0.1) is 0 Å². The van der Waals surface area contributed by atoms with Crippen LogP contribution in [0.15, 0.2) is 42.5 Å². The fourth-order valence-electron chi connectivity index (χ4n) is 2.01. The van der Waals surface area contributed by atoms with Crippen molar-refractivity contribution in [1.82, 2.24) is 0 Å². The van der Waals surface area contributed by atoms with Gasteiger partial charge in [0.2, 0.25) is 0 Å². The fourth-order valence-corrected chi connectivity index (χ4v) is 2.01. The van der Waals surface area contributed by atoms with Crippen molar-refractivity contribution >= 4 is 0 Å². The minimum absolute atomic E-state index is 0.0294. The molecule has 0 radical (unpaired) electrons. The van der Waals surface area contributed by atoms with Gasteiger partial charge in [-0.15, -0.1) is 13.2 Å². The van der Waals surface area contributed by atoms with Gasteiger partial charge in [-0.05, 0) is 29.8 Å². The number of aromatic hydroxyl groups is 1. The zero-order valence-corrected chi connectivity index (χ0v) is 11.6. The second kappa shape index (κ2) is 6.15. The van der Waals surface area contributed by atoms with Crippen LogP contribution in [-0.2, 0) is 0 Å². The maximum absolute atomic E-state index is 12.1. The molecule has 7 heteroatoms. The second-order valence-electron chi connectivity index (χ2n) is 4.52. The highest BCUT2D eigenvalue weighted by Gasteiger charge is 2.31. The molecule has 0 aliphatic carbocycles. The molecule has 118 valence electrons. The van der Waals surface area contributed by atoms with Crippen molar-refractivity contribution in [2.24, 2.45) is 5.73 Å². The number of benzene rings is 2. The molecule has 0 saturated heterocycles. The van der Waals surface area contributed by atoms with Crippen LogP contribution in [0.5, 0.6) is 17.2 Å². The number of phenols is 1. The smallest absolute Gasteiger partial charge is 0.508 e. The van der Waals surface area contributed by atoms with Gasteiger partial charge in [-0.1, -0.05) is 12.1 Å². The molecule has 0 aromatic heterocycles. The Hall–Kier alpha value is -2.41. The molecule has 2 aromatic carbocycles. The predicted octanol–water partition coefficient (Wildman–Crippen LogP) is 3.35. The zero-order chi connectivity index (χ0) is 16.3. The van der Waals surface area contributed by atoms with E-state index in [1.807, 2.05) is 0 Å². The molecule has 0 heterocycles.